The number of methoxy groups -OCH3 is 1. The third kappa shape index (κ3) is 5.82. The third-order valence-corrected chi connectivity index (χ3v) is 5.94. The lowest BCUT2D eigenvalue weighted by Crippen LogP contribution is -2.49. The molecule has 1 aliphatic carbocycles. The summed E-state index contributed by atoms with van der Waals surface area (Å²) in [6.07, 6.45) is 8.69. The second kappa shape index (κ2) is 9.24. The van der Waals surface area contributed by atoms with Gasteiger partial charge >= 0.3 is 0 Å². The molecule has 0 aromatic carbocycles. The summed E-state index contributed by atoms with van der Waals surface area (Å²) >= 11 is 0. The highest BCUT2D eigenvalue weighted by molar-refractivity contribution is 4.77. The molecule has 0 radical (unpaired) electrons. The Morgan fingerprint density at radius 3 is 2.14 bits per heavy atom. The Bertz CT molecular complexity index is 292. The Hall–Kier alpha value is -0.120. The highest BCUT2D eigenvalue weighted by Gasteiger charge is 2.23. The molecule has 3 heteroatoms. The van der Waals surface area contributed by atoms with Crippen LogP contribution in [0.4, 0.5) is 0 Å². The minimum atomic E-state index is 0.545. The average Bonchev–Trinajstić information content (AvgIpc) is 2.54. The van der Waals surface area contributed by atoms with Crippen molar-refractivity contribution in [3.8, 4) is 0 Å². The van der Waals surface area contributed by atoms with Crippen molar-refractivity contribution in [1.82, 2.24) is 9.80 Å². The summed E-state index contributed by atoms with van der Waals surface area (Å²) in [6.45, 7) is 13.5. The van der Waals surface area contributed by atoms with Crippen molar-refractivity contribution in [3.05, 3.63) is 0 Å². The Morgan fingerprint density at radius 2 is 1.59 bits per heavy atom. The first kappa shape index (κ1) is 18.2. The smallest absolute Gasteiger partial charge is 0.0571 e. The van der Waals surface area contributed by atoms with Gasteiger partial charge < -0.3 is 9.64 Å². The molecule has 3 nitrogen and oxygen atoms in total. The van der Waals surface area contributed by atoms with E-state index in [0.29, 0.717) is 12.1 Å². The minimum absolute atomic E-state index is 0.545. The van der Waals surface area contributed by atoms with Gasteiger partial charge in [-0.25, -0.2) is 0 Å². The van der Waals surface area contributed by atoms with Crippen LogP contribution in [0, 0.1) is 11.8 Å². The number of rotatable bonds is 7. The van der Waals surface area contributed by atoms with E-state index in [0.717, 1.165) is 11.8 Å². The first-order valence-electron chi connectivity index (χ1n) is 9.57. The summed E-state index contributed by atoms with van der Waals surface area (Å²) in [5.41, 5.74) is 0. The van der Waals surface area contributed by atoms with Crippen LogP contribution >= 0.6 is 0 Å². The van der Waals surface area contributed by atoms with E-state index in [1.54, 1.807) is 0 Å². The lowest BCUT2D eigenvalue weighted by molar-refractivity contribution is 0.0522. The Kier molecular flexibility index (Phi) is 7.66. The van der Waals surface area contributed by atoms with Crippen molar-refractivity contribution >= 4 is 0 Å². The Balaban J connectivity index is 1.57. The summed E-state index contributed by atoms with van der Waals surface area (Å²) in [5, 5.41) is 0. The van der Waals surface area contributed by atoms with Crippen LogP contribution in [0.3, 0.4) is 0 Å². The zero-order valence-electron chi connectivity index (χ0n) is 15.4. The Morgan fingerprint density at radius 1 is 0.955 bits per heavy atom. The van der Waals surface area contributed by atoms with E-state index in [9.17, 15) is 0 Å². The first-order valence-corrected chi connectivity index (χ1v) is 9.57. The fourth-order valence-electron chi connectivity index (χ4n) is 4.20. The fraction of sp³-hybridized carbons (Fsp3) is 1.00. The number of piperazine rings is 1. The van der Waals surface area contributed by atoms with Crippen LogP contribution in [0.5, 0.6) is 0 Å². The normalized spacial score (nSPS) is 29.9. The summed E-state index contributed by atoms with van der Waals surface area (Å²) in [4.78, 5) is 5.28. The molecule has 0 spiro atoms. The van der Waals surface area contributed by atoms with Gasteiger partial charge in [-0.2, -0.15) is 0 Å². The summed E-state index contributed by atoms with van der Waals surface area (Å²) < 4.78 is 5.49. The van der Waals surface area contributed by atoms with Crippen LogP contribution < -0.4 is 0 Å². The highest BCUT2D eigenvalue weighted by Crippen LogP contribution is 2.31. The SMILES string of the molecule is CO[C@H]1CC[C@H](C[C@H](C)CCN2CCN(C(C)C)CC2)CC1. The monoisotopic (exact) mass is 310 g/mol. The lowest BCUT2D eigenvalue weighted by atomic mass is 9.81. The van der Waals surface area contributed by atoms with Crippen LogP contribution in [-0.4, -0.2) is 61.8 Å². The van der Waals surface area contributed by atoms with Crippen LogP contribution in [-0.2, 0) is 4.74 Å². The number of hydrogen-bond donors (Lipinski definition) is 0. The van der Waals surface area contributed by atoms with Gasteiger partial charge in [0.05, 0.1) is 6.10 Å². The van der Waals surface area contributed by atoms with Crippen molar-refractivity contribution < 1.29 is 4.74 Å². The summed E-state index contributed by atoms with van der Waals surface area (Å²) in [5.74, 6) is 1.84. The molecule has 2 rings (SSSR count). The van der Waals surface area contributed by atoms with Crippen molar-refractivity contribution in [2.45, 2.75) is 71.4 Å². The van der Waals surface area contributed by atoms with Gasteiger partial charge in [-0.05, 0) is 70.8 Å². The van der Waals surface area contributed by atoms with E-state index in [2.05, 4.69) is 30.6 Å². The molecular weight excluding hydrogens is 272 g/mol. The zero-order chi connectivity index (χ0) is 15.9. The van der Waals surface area contributed by atoms with Crippen LogP contribution in [0.2, 0.25) is 0 Å². The molecule has 22 heavy (non-hydrogen) atoms. The summed E-state index contributed by atoms with van der Waals surface area (Å²) in [6, 6.07) is 0.711. The molecule has 130 valence electrons. The standard InChI is InChI=1S/C19H38N2O/c1-16(2)21-13-11-20(12-14-21)10-9-17(3)15-18-5-7-19(22-4)8-6-18/h16-19H,5-15H2,1-4H3/t17-,18-,19-/m1/s1. The third-order valence-electron chi connectivity index (χ3n) is 5.94. The molecule has 0 bridgehead atoms. The van der Waals surface area contributed by atoms with Gasteiger partial charge in [-0.1, -0.05) is 6.92 Å². The van der Waals surface area contributed by atoms with Crippen LogP contribution in [0.25, 0.3) is 0 Å². The number of hydrogen-bond acceptors (Lipinski definition) is 3. The van der Waals surface area contributed by atoms with Crippen molar-refractivity contribution in [3.63, 3.8) is 0 Å². The predicted molar refractivity (Wildman–Crippen MR) is 94.3 cm³/mol. The van der Waals surface area contributed by atoms with Crippen molar-refractivity contribution in [2.24, 2.45) is 11.8 Å². The van der Waals surface area contributed by atoms with Gasteiger partial charge in [-0.3, -0.25) is 4.90 Å². The molecule has 0 unspecified atom stereocenters. The molecule has 0 N–H and O–H groups in total. The predicted octanol–water partition coefficient (Wildman–Crippen LogP) is 3.63. The van der Waals surface area contributed by atoms with E-state index in [4.69, 9.17) is 4.74 Å². The second-order valence-electron chi connectivity index (χ2n) is 7.98. The molecule has 2 aliphatic rings. The van der Waals surface area contributed by atoms with Gasteiger partial charge in [0.15, 0.2) is 0 Å². The second-order valence-corrected chi connectivity index (χ2v) is 7.98. The molecule has 1 atom stereocenters. The van der Waals surface area contributed by atoms with Crippen LogP contribution in [0.1, 0.15) is 59.3 Å². The van der Waals surface area contributed by atoms with E-state index < -0.39 is 0 Å². The maximum absolute atomic E-state index is 5.49. The van der Waals surface area contributed by atoms with Gasteiger partial charge in [0.1, 0.15) is 0 Å². The lowest BCUT2D eigenvalue weighted by Gasteiger charge is -2.37. The molecule has 0 aromatic rings. The minimum Gasteiger partial charge on any atom is -0.381 e. The fourth-order valence-corrected chi connectivity index (χ4v) is 4.20. The topological polar surface area (TPSA) is 15.7 Å². The van der Waals surface area contributed by atoms with Crippen molar-refractivity contribution in [1.29, 1.82) is 0 Å². The average molecular weight is 311 g/mol. The van der Waals surface area contributed by atoms with E-state index in [1.807, 2.05) is 7.11 Å². The molecule has 1 aliphatic heterocycles. The number of nitrogens with zero attached hydrogens (tertiary/aromatic N) is 2. The molecule has 1 saturated heterocycles. The largest absolute Gasteiger partial charge is 0.381 e. The Labute approximate surface area is 138 Å². The molecule has 2 fully saturated rings. The molecular formula is C19H38N2O. The molecule has 0 aromatic heterocycles. The highest BCUT2D eigenvalue weighted by atomic mass is 16.5. The van der Waals surface area contributed by atoms with Gasteiger partial charge in [0, 0.05) is 39.3 Å². The zero-order valence-corrected chi connectivity index (χ0v) is 15.4. The molecule has 1 saturated carbocycles. The maximum atomic E-state index is 5.49. The molecule has 1 heterocycles. The van der Waals surface area contributed by atoms with Gasteiger partial charge in [0.25, 0.3) is 0 Å². The summed E-state index contributed by atoms with van der Waals surface area (Å²) in [7, 11) is 1.87. The van der Waals surface area contributed by atoms with Crippen molar-refractivity contribution in [2.75, 3.05) is 39.8 Å². The maximum Gasteiger partial charge on any atom is 0.0571 e. The van der Waals surface area contributed by atoms with Crippen LogP contribution in [0.15, 0.2) is 0 Å². The number of ether oxygens (including phenoxy) is 1. The van der Waals surface area contributed by atoms with Gasteiger partial charge in [0.2, 0.25) is 0 Å². The first-order chi connectivity index (χ1) is 10.6. The van der Waals surface area contributed by atoms with E-state index in [1.165, 1.54) is 71.2 Å². The quantitative estimate of drug-likeness (QED) is 0.714. The van der Waals surface area contributed by atoms with E-state index in [-0.39, 0.29) is 0 Å². The van der Waals surface area contributed by atoms with E-state index >= 15 is 0 Å². The molecule has 0 amide bonds. The van der Waals surface area contributed by atoms with Gasteiger partial charge in [-0.15, -0.1) is 0 Å².